The van der Waals surface area contributed by atoms with Crippen molar-refractivity contribution >= 4 is 11.9 Å². The molecule has 0 aliphatic rings. The molecule has 82 valence electrons. The molecule has 0 unspecified atom stereocenters. The fraction of sp³-hybridized carbons (Fsp3) is 0.500. The van der Waals surface area contributed by atoms with Crippen LogP contribution in [0.25, 0.3) is 0 Å². The highest BCUT2D eigenvalue weighted by molar-refractivity contribution is 5.69. The molecular weight excluding hydrogens is 194 g/mol. The van der Waals surface area contributed by atoms with E-state index in [0.29, 0.717) is 5.69 Å². The van der Waals surface area contributed by atoms with E-state index in [-0.39, 0.29) is 17.8 Å². The molecule has 1 rings (SSSR count). The Morgan fingerprint density at radius 2 is 2.07 bits per heavy atom. The summed E-state index contributed by atoms with van der Waals surface area (Å²) >= 11 is 0. The van der Waals surface area contributed by atoms with Crippen molar-refractivity contribution in [3.8, 4) is 0 Å². The maximum absolute atomic E-state index is 10.5. The molecule has 5 nitrogen and oxygen atoms in total. The zero-order valence-corrected chi connectivity index (χ0v) is 9.11. The van der Waals surface area contributed by atoms with Crippen LogP contribution in [-0.2, 0) is 16.6 Å². The van der Waals surface area contributed by atoms with Crippen molar-refractivity contribution < 1.29 is 9.90 Å². The van der Waals surface area contributed by atoms with Gasteiger partial charge < -0.3 is 10.8 Å². The molecule has 0 saturated carbocycles. The number of carboxylic acids is 1. The maximum atomic E-state index is 10.5. The van der Waals surface area contributed by atoms with Crippen LogP contribution in [-0.4, -0.2) is 21.0 Å². The van der Waals surface area contributed by atoms with Crippen molar-refractivity contribution in [3.05, 3.63) is 17.5 Å². The SMILES string of the molecule is CC(C)(C)c1cc(CC(=O)O)nc(N)n1. The second-order valence-corrected chi connectivity index (χ2v) is 4.42. The predicted octanol–water partition coefficient (Wildman–Crippen LogP) is 0.983. The van der Waals surface area contributed by atoms with E-state index in [2.05, 4.69) is 9.97 Å². The van der Waals surface area contributed by atoms with Gasteiger partial charge in [-0.3, -0.25) is 4.79 Å². The van der Waals surface area contributed by atoms with Gasteiger partial charge in [0, 0.05) is 5.41 Å². The minimum absolute atomic E-state index is 0.124. The van der Waals surface area contributed by atoms with Gasteiger partial charge in [0.1, 0.15) is 0 Å². The number of rotatable bonds is 2. The molecule has 1 heterocycles. The fourth-order valence-electron chi connectivity index (χ4n) is 1.15. The molecule has 1 aromatic rings. The monoisotopic (exact) mass is 209 g/mol. The number of aliphatic carboxylic acids is 1. The lowest BCUT2D eigenvalue weighted by atomic mass is 9.91. The van der Waals surface area contributed by atoms with Crippen LogP contribution in [0.3, 0.4) is 0 Å². The summed E-state index contributed by atoms with van der Waals surface area (Å²) in [5.74, 6) is -0.799. The Balaban J connectivity index is 3.11. The van der Waals surface area contributed by atoms with Crippen LogP contribution in [0.2, 0.25) is 0 Å². The van der Waals surface area contributed by atoms with E-state index < -0.39 is 5.97 Å². The van der Waals surface area contributed by atoms with Crippen LogP contribution < -0.4 is 5.73 Å². The Kier molecular flexibility index (Phi) is 2.93. The molecule has 0 atom stereocenters. The smallest absolute Gasteiger partial charge is 0.309 e. The first-order valence-corrected chi connectivity index (χ1v) is 4.65. The first kappa shape index (κ1) is 11.4. The Hall–Kier alpha value is -1.65. The van der Waals surface area contributed by atoms with E-state index in [1.165, 1.54) is 0 Å². The average molecular weight is 209 g/mol. The standard InChI is InChI=1S/C10H15N3O2/c1-10(2,3)7-4-6(5-8(14)15)12-9(11)13-7/h4H,5H2,1-3H3,(H,14,15)(H2,11,12,13). The second-order valence-electron chi connectivity index (χ2n) is 4.42. The Morgan fingerprint density at radius 1 is 1.47 bits per heavy atom. The third-order valence-electron chi connectivity index (χ3n) is 1.90. The van der Waals surface area contributed by atoms with Crippen LogP contribution in [0.15, 0.2) is 6.07 Å². The molecule has 0 aromatic carbocycles. The molecule has 15 heavy (non-hydrogen) atoms. The zero-order chi connectivity index (χ0) is 11.6. The Labute approximate surface area is 88.4 Å². The van der Waals surface area contributed by atoms with Gasteiger partial charge in [-0.05, 0) is 6.07 Å². The van der Waals surface area contributed by atoms with Gasteiger partial charge in [0.2, 0.25) is 5.95 Å². The second kappa shape index (κ2) is 3.84. The summed E-state index contributed by atoms with van der Waals surface area (Å²) in [6.07, 6.45) is -0.129. The number of nitrogens with two attached hydrogens (primary N) is 1. The molecule has 0 saturated heterocycles. The number of hydrogen-bond donors (Lipinski definition) is 2. The van der Waals surface area contributed by atoms with Crippen molar-refractivity contribution in [1.82, 2.24) is 9.97 Å². The molecule has 0 spiro atoms. The number of carbonyl (C=O) groups is 1. The minimum Gasteiger partial charge on any atom is -0.481 e. The van der Waals surface area contributed by atoms with E-state index in [0.717, 1.165) is 5.69 Å². The van der Waals surface area contributed by atoms with Gasteiger partial charge in [0.25, 0.3) is 0 Å². The summed E-state index contributed by atoms with van der Waals surface area (Å²) in [4.78, 5) is 18.5. The third-order valence-corrected chi connectivity index (χ3v) is 1.90. The molecule has 3 N–H and O–H groups in total. The van der Waals surface area contributed by atoms with Crippen molar-refractivity contribution in [2.24, 2.45) is 0 Å². The predicted molar refractivity (Wildman–Crippen MR) is 56.5 cm³/mol. The van der Waals surface area contributed by atoms with Crippen LogP contribution in [0, 0.1) is 0 Å². The highest BCUT2D eigenvalue weighted by atomic mass is 16.4. The van der Waals surface area contributed by atoms with Crippen molar-refractivity contribution in [2.45, 2.75) is 32.6 Å². The van der Waals surface area contributed by atoms with Crippen molar-refractivity contribution in [2.75, 3.05) is 5.73 Å². The van der Waals surface area contributed by atoms with Crippen molar-refractivity contribution in [1.29, 1.82) is 0 Å². The molecule has 0 aliphatic heterocycles. The summed E-state index contributed by atoms with van der Waals surface area (Å²) in [6, 6.07) is 1.68. The van der Waals surface area contributed by atoms with Gasteiger partial charge in [-0.25, -0.2) is 9.97 Å². The number of nitrogens with zero attached hydrogens (tertiary/aromatic N) is 2. The summed E-state index contributed by atoms with van der Waals surface area (Å²) in [6.45, 7) is 5.96. The van der Waals surface area contributed by atoms with Gasteiger partial charge in [-0.2, -0.15) is 0 Å². The molecular formula is C10H15N3O2. The fourth-order valence-corrected chi connectivity index (χ4v) is 1.15. The van der Waals surface area contributed by atoms with E-state index in [4.69, 9.17) is 10.8 Å². The normalized spacial score (nSPS) is 11.4. The first-order chi connectivity index (χ1) is 6.79. The number of nitrogen functional groups attached to an aromatic ring is 1. The zero-order valence-electron chi connectivity index (χ0n) is 9.11. The van der Waals surface area contributed by atoms with Gasteiger partial charge in [-0.15, -0.1) is 0 Å². The summed E-state index contributed by atoms with van der Waals surface area (Å²) in [7, 11) is 0. The Bertz CT molecular complexity index is 383. The van der Waals surface area contributed by atoms with E-state index in [1.807, 2.05) is 20.8 Å². The van der Waals surface area contributed by atoms with E-state index in [9.17, 15) is 4.79 Å². The quantitative estimate of drug-likeness (QED) is 0.758. The molecule has 0 aliphatic carbocycles. The lowest BCUT2D eigenvalue weighted by Crippen LogP contribution is -2.17. The highest BCUT2D eigenvalue weighted by Gasteiger charge is 2.17. The first-order valence-electron chi connectivity index (χ1n) is 4.65. The van der Waals surface area contributed by atoms with Gasteiger partial charge in [0.15, 0.2) is 0 Å². The highest BCUT2D eigenvalue weighted by Crippen LogP contribution is 2.21. The summed E-state index contributed by atoms with van der Waals surface area (Å²) in [5.41, 5.74) is 6.55. The van der Waals surface area contributed by atoms with Crippen LogP contribution in [0.5, 0.6) is 0 Å². The largest absolute Gasteiger partial charge is 0.481 e. The third kappa shape index (κ3) is 3.19. The van der Waals surface area contributed by atoms with Crippen LogP contribution in [0.1, 0.15) is 32.2 Å². The van der Waals surface area contributed by atoms with Gasteiger partial charge in [-0.1, -0.05) is 20.8 Å². The van der Waals surface area contributed by atoms with Crippen LogP contribution in [0.4, 0.5) is 5.95 Å². The maximum Gasteiger partial charge on any atom is 0.309 e. The van der Waals surface area contributed by atoms with Crippen molar-refractivity contribution in [3.63, 3.8) is 0 Å². The van der Waals surface area contributed by atoms with Gasteiger partial charge >= 0.3 is 5.97 Å². The van der Waals surface area contributed by atoms with E-state index >= 15 is 0 Å². The number of aromatic nitrogens is 2. The molecule has 5 heteroatoms. The lowest BCUT2D eigenvalue weighted by molar-refractivity contribution is -0.136. The molecule has 1 aromatic heterocycles. The number of carboxylic acid groups (broad SMARTS) is 1. The lowest BCUT2D eigenvalue weighted by Gasteiger charge is -2.18. The Morgan fingerprint density at radius 3 is 2.53 bits per heavy atom. The van der Waals surface area contributed by atoms with E-state index in [1.54, 1.807) is 6.07 Å². The molecule has 0 fully saturated rings. The molecule has 0 amide bonds. The minimum atomic E-state index is -0.923. The molecule has 0 bridgehead atoms. The van der Waals surface area contributed by atoms with Crippen LogP contribution >= 0.6 is 0 Å². The summed E-state index contributed by atoms with van der Waals surface area (Å²) in [5, 5.41) is 8.65. The number of anilines is 1. The summed E-state index contributed by atoms with van der Waals surface area (Å²) < 4.78 is 0. The van der Waals surface area contributed by atoms with Gasteiger partial charge in [0.05, 0.1) is 17.8 Å². The topological polar surface area (TPSA) is 89.1 Å². The molecule has 0 radical (unpaired) electrons. The average Bonchev–Trinajstić information content (AvgIpc) is 1.99. The number of hydrogen-bond acceptors (Lipinski definition) is 4.